The Balaban J connectivity index is 1.78. The molecule has 1 fully saturated rings. The van der Waals surface area contributed by atoms with Crippen LogP contribution in [0.1, 0.15) is 58.8 Å². The molecule has 1 aliphatic rings. The van der Waals surface area contributed by atoms with Gasteiger partial charge in [0.05, 0.1) is 6.61 Å². The molecular weight excluding hydrogens is 210 g/mol. The van der Waals surface area contributed by atoms with E-state index in [1.165, 1.54) is 44.9 Å². The van der Waals surface area contributed by atoms with Crippen LogP contribution in [0.4, 0.5) is 0 Å². The quantitative estimate of drug-likeness (QED) is 0.623. The van der Waals surface area contributed by atoms with Crippen LogP contribution in [-0.2, 0) is 4.74 Å². The molecule has 0 aliphatic heterocycles. The number of hydrogen-bond acceptors (Lipinski definition) is 2. The van der Waals surface area contributed by atoms with E-state index in [1.54, 1.807) is 0 Å². The molecule has 0 saturated heterocycles. The summed E-state index contributed by atoms with van der Waals surface area (Å²) in [6, 6.07) is 0. The topological polar surface area (TPSA) is 21.3 Å². The molecular formula is C15H31NO. The van der Waals surface area contributed by atoms with Gasteiger partial charge in [0.1, 0.15) is 0 Å². The van der Waals surface area contributed by atoms with E-state index < -0.39 is 0 Å². The van der Waals surface area contributed by atoms with Crippen LogP contribution in [0.3, 0.4) is 0 Å². The molecule has 2 nitrogen and oxygen atoms in total. The molecule has 0 aromatic carbocycles. The molecule has 0 bridgehead atoms. The summed E-state index contributed by atoms with van der Waals surface area (Å²) in [6.07, 6.45) is 9.68. The Labute approximate surface area is 108 Å². The van der Waals surface area contributed by atoms with Gasteiger partial charge in [-0.15, -0.1) is 0 Å². The first-order valence-corrected chi connectivity index (χ1v) is 7.57. The Bertz CT molecular complexity index is 164. The summed E-state index contributed by atoms with van der Waals surface area (Å²) in [7, 11) is 0. The number of nitrogens with one attached hydrogen (secondary N) is 1. The molecule has 0 aromatic rings. The summed E-state index contributed by atoms with van der Waals surface area (Å²) in [5, 5.41) is 3.45. The highest BCUT2D eigenvalue weighted by Gasteiger charge is 2.12. The minimum absolute atomic E-state index is 0.833. The molecule has 0 spiro atoms. The van der Waals surface area contributed by atoms with E-state index in [1.807, 2.05) is 0 Å². The lowest BCUT2D eigenvalue weighted by Crippen LogP contribution is -2.23. The maximum Gasteiger partial charge on any atom is 0.0591 e. The number of rotatable bonds is 9. The largest absolute Gasteiger partial charge is 0.380 e. The van der Waals surface area contributed by atoms with Crippen molar-refractivity contribution < 1.29 is 4.74 Å². The fourth-order valence-electron chi connectivity index (χ4n) is 2.51. The normalized spacial score (nSPS) is 17.8. The maximum atomic E-state index is 5.74. The SMILES string of the molecule is CC(C)CCCNCCOCC1CCCCC1. The van der Waals surface area contributed by atoms with Gasteiger partial charge in [-0.25, -0.2) is 0 Å². The average molecular weight is 241 g/mol. The van der Waals surface area contributed by atoms with Crippen molar-refractivity contribution in [1.29, 1.82) is 0 Å². The molecule has 1 N–H and O–H groups in total. The van der Waals surface area contributed by atoms with Gasteiger partial charge in [0, 0.05) is 13.2 Å². The summed E-state index contributed by atoms with van der Waals surface area (Å²) in [5.74, 6) is 1.68. The summed E-state index contributed by atoms with van der Waals surface area (Å²) in [6.45, 7) is 8.61. The molecule has 1 rings (SSSR count). The molecule has 0 atom stereocenters. The first-order chi connectivity index (χ1) is 8.29. The fourth-order valence-corrected chi connectivity index (χ4v) is 2.51. The van der Waals surface area contributed by atoms with Gasteiger partial charge >= 0.3 is 0 Å². The third kappa shape index (κ3) is 8.62. The van der Waals surface area contributed by atoms with Gasteiger partial charge in [0.15, 0.2) is 0 Å². The predicted octanol–water partition coefficient (Wildman–Crippen LogP) is 3.61. The lowest BCUT2D eigenvalue weighted by Gasteiger charge is -2.21. The third-order valence-electron chi connectivity index (χ3n) is 3.64. The lowest BCUT2D eigenvalue weighted by atomic mass is 9.90. The molecule has 0 unspecified atom stereocenters. The van der Waals surface area contributed by atoms with Gasteiger partial charge in [-0.3, -0.25) is 0 Å². The van der Waals surface area contributed by atoms with Crippen molar-refractivity contribution in [3.63, 3.8) is 0 Å². The van der Waals surface area contributed by atoms with Gasteiger partial charge < -0.3 is 10.1 Å². The first-order valence-electron chi connectivity index (χ1n) is 7.57. The van der Waals surface area contributed by atoms with Crippen LogP contribution in [0.2, 0.25) is 0 Å². The van der Waals surface area contributed by atoms with E-state index in [0.29, 0.717) is 0 Å². The summed E-state index contributed by atoms with van der Waals surface area (Å²) < 4.78 is 5.74. The average Bonchev–Trinajstić information content (AvgIpc) is 2.33. The van der Waals surface area contributed by atoms with Gasteiger partial charge in [-0.1, -0.05) is 33.1 Å². The van der Waals surface area contributed by atoms with E-state index in [-0.39, 0.29) is 0 Å². The summed E-state index contributed by atoms with van der Waals surface area (Å²) in [4.78, 5) is 0. The molecule has 1 saturated carbocycles. The van der Waals surface area contributed by atoms with Crippen molar-refractivity contribution in [3.8, 4) is 0 Å². The van der Waals surface area contributed by atoms with Crippen LogP contribution >= 0.6 is 0 Å². The highest BCUT2D eigenvalue weighted by molar-refractivity contribution is 4.64. The Morgan fingerprint density at radius 2 is 1.88 bits per heavy atom. The molecule has 1 aliphatic carbocycles. The molecule has 17 heavy (non-hydrogen) atoms. The highest BCUT2D eigenvalue weighted by atomic mass is 16.5. The Kier molecular flexibility index (Phi) is 8.72. The zero-order valence-electron chi connectivity index (χ0n) is 11.8. The second-order valence-corrected chi connectivity index (χ2v) is 5.87. The Morgan fingerprint density at radius 1 is 1.12 bits per heavy atom. The number of ether oxygens (including phenoxy) is 1. The smallest absolute Gasteiger partial charge is 0.0591 e. The van der Waals surface area contributed by atoms with Crippen molar-refractivity contribution in [3.05, 3.63) is 0 Å². The fraction of sp³-hybridized carbons (Fsp3) is 1.00. The van der Waals surface area contributed by atoms with Gasteiger partial charge in [0.2, 0.25) is 0 Å². The molecule has 102 valence electrons. The van der Waals surface area contributed by atoms with E-state index in [4.69, 9.17) is 4.74 Å². The van der Waals surface area contributed by atoms with Crippen molar-refractivity contribution in [2.75, 3.05) is 26.3 Å². The molecule has 0 heterocycles. The predicted molar refractivity (Wildman–Crippen MR) is 74.3 cm³/mol. The minimum atomic E-state index is 0.833. The second-order valence-electron chi connectivity index (χ2n) is 5.87. The molecule has 2 heteroatoms. The molecule has 0 radical (unpaired) electrons. The zero-order valence-corrected chi connectivity index (χ0v) is 11.8. The van der Waals surface area contributed by atoms with E-state index in [2.05, 4.69) is 19.2 Å². The molecule has 0 aromatic heterocycles. The minimum Gasteiger partial charge on any atom is -0.380 e. The molecule has 0 amide bonds. The van der Waals surface area contributed by atoms with Crippen LogP contribution in [0.15, 0.2) is 0 Å². The second kappa shape index (κ2) is 9.90. The van der Waals surface area contributed by atoms with Gasteiger partial charge in [-0.2, -0.15) is 0 Å². The van der Waals surface area contributed by atoms with Crippen LogP contribution < -0.4 is 5.32 Å². The van der Waals surface area contributed by atoms with Crippen molar-refractivity contribution in [2.45, 2.75) is 58.8 Å². The van der Waals surface area contributed by atoms with Crippen molar-refractivity contribution >= 4 is 0 Å². The Hall–Kier alpha value is -0.0800. The third-order valence-corrected chi connectivity index (χ3v) is 3.64. The standard InChI is InChI=1S/C15H31NO/c1-14(2)7-6-10-16-11-12-17-13-15-8-4-3-5-9-15/h14-16H,3-13H2,1-2H3. The lowest BCUT2D eigenvalue weighted by molar-refractivity contribution is 0.0870. The van der Waals surface area contributed by atoms with Crippen LogP contribution in [-0.4, -0.2) is 26.3 Å². The van der Waals surface area contributed by atoms with E-state index in [9.17, 15) is 0 Å². The first kappa shape index (κ1) is 15.0. The van der Waals surface area contributed by atoms with Gasteiger partial charge in [0.25, 0.3) is 0 Å². The summed E-state index contributed by atoms with van der Waals surface area (Å²) >= 11 is 0. The van der Waals surface area contributed by atoms with Crippen LogP contribution in [0.5, 0.6) is 0 Å². The Morgan fingerprint density at radius 3 is 2.59 bits per heavy atom. The summed E-state index contributed by atoms with van der Waals surface area (Å²) in [5.41, 5.74) is 0. The van der Waals surface area contributed by atoms with Crippen molar-refractivity contribution in [1.82, 2.24) is 5.32 Å². The van der Waals surface area contributed by atoms with Crippen LogP contribution in [0.25, 0.3) is 0 Å². The van der Waals surface area contributed by atoms with Crippen LogP contribution in [0, 0.1) is 11.8 Å². The highest BCUT2D eigenvalue weighted by Crippen LogP contribution is 2.23. The van der Waals surface area contributed by atoms with E-state index >= 15 is 0 Å². The van der Waals surface area contributed by atoms with Gasteiger partial charge in [-0.05, 0) is 44.1 Å². The maximum absolute atomic E-state index is 5.74. The van der Waals surface area contributed by atoms with Crippen molar-refractivity contribution in [2.24, 2.45) is 11.8 Å². The van der Waals surface area contributed by atoms with E-state index in [0.717, 1.165) is 38.1 Å². The zero-order chi connectivity index (χ0) is 12.3. The number of hydrogen-bond donors (Lipinski definition) is 1. The monoisotopic (exact) mass is 241 g/mol.